The third-order valence-corrected chi connectivity index (χ3v) is 5.26. The molecule has 2 aliphatic rings. The fraction of sp³-hybridized carbons (Fsp3) is 0.632. The average molecular weight is 358 g/mol. The molecule has 7 heteroatoms. The lowest BCUT2D eigenvalue weighted by molar-refractivity contribution is 0.00959. The van der Waals surface area contributed by atoms with Crippen molar-refractivity contribution in [3.63, 3.8) is 0 Å². The summed E-state index contributed by atoms with van der Waals surface area (Å²) >= 11 is 0. The molecule has 140 valence electrons. The van der Waals surface area contributed by atoms with E-state index in [-0.39, 0.29) is 6.09 Å². The number of piperazine rings is 1. The van der Waals surface area contributed by atoms with Crippen LogP contribution in [0.5, 0.6) is 0 Å². The number of carbonyl (C=O) groups excluding carboxylic acids is 1. The zero-order valence-electron chi connectivity index (χ0n) is 15.7. The number of ether oxygens (including phenoxy) is 1. The Labute approximate surface area is 153 Å². The Morgan fingerprint density at radius 3 is 2.42 bits per heavy atom. The van der Waals surface area contributed by atoms with E-state index in [4.69, 9.17) is 9.37 Å². The highest BCUT2D eigenvalue weighted by atomic mass is 16.6. The molecule has 0 saturated carbocycles. The second kappa shape index (κ2) is 6.54. The Bertz CT molecular complexity index is 803. The smallest absolute Gasteiger partial charge is 0.410 e. The van der Waals surface area contributed by atoms with Crippen LogP contribution in [-0.4, -0.2) is 64.0 Å². The number of amides is 1. The van der Waals surface area contributed by atoms with E-state index in [2.05, 4.69) is 27.3 Å². The van der Waals surface area contributed by atoms with Crippen molar-refractivity contribution in [2.24, 2.45) is 0 Å². The molecular formula is C19H26N4O3. The normalized spacial score (nSPS) is 21.7. The number of nitrogens with zero attached hydrogens (tertiary/aromatic N) is 4. The van der Waals surface area contributed by atoms with Crippen LogP contribution in [0, 0.1) is 0 Å². The maximum Gasteiger partial charge on any atom is 0.410 e. The zero-order chi connectivity index (χ0) is 18.3. The molecule has 0 radical (unpaired) electrons. The van der Waals surface area contributed by atoms with E-state index >= 15 is 0 Å². The minimum atomic E-state index is -0.442. The van der Waals surface area contributed by atoms with Gasteiger partial charge in [0, 0.05) is 32.2 Å². The van der Waals surface area contributed by atoms with E-state index in [1.165, 1.54) is 11.1 Å². The highest BCUT2D eigenvalue weighted by molar-refractivity contribution is 5.75. The van der Waals surface area contributed by atoms with Gasteiger partial charge >= 0.3 is 6.09 Å². The molecule has 1 amide bonds. The van der Waals surface area contributed by atoms with E-state index in [1.54, 1.807) is 0 Å². The summed E-state index contributed by atoms with van der Waals surface area (Å²) in [5.41, 5.74) is 3.94. The van der Waals surface area contributed by atoms with Gasteiger partial charge in [-0.15, -0.1) is 0 Å². The summed E-state index contributed by atoms with van der Waals surface area (Å²) in [4.78, 5) is 16.6. The van der Waals surface area contributed by atoms with Crippen LogP contribution < -0.4 is 0 Å². The number of fused-ring (bicyclic) bond motifs is 2. The summed E-state index contributed by atoms with van der Waals surface area (Å²) in [6.45, 7) is 8.96. The van der Waals surface area contributed by atoms with Gasteiger partial charge in [-0.1, -0.05) is 0 Å². The Morgan fingerprint density at radius 1 is 1.12 bits per heavy atom. The first kappa shape index (κ1) is 17.3. The summed E-state index contributed by atoms with van der Waals surface area (Å²) in [6, 6.07) is 4.74. The molecule has 0 spiro atoms. The highest BCUT2D eigenvalue weighted by Gasteiger charge is 2.30. The van der Waals surface area contributed by atoms with Crippen LogP contribution in [0.3, 0.4) is 0 Å². The molecule has 4 rings (SSSR count). The highest BCUT2D eigenvalue weighted by Crippen LogP contribution is 2.28. The van der Waals surface area contributed by atoms with E-state index in [0.717, 1.165) is 56.5 Å². The predicted octanol–water partition coefficient (Wildman–Crippen LogP) is 2.63. The van der Waals surface area contributed by atoms with Gasteiger partial charge < -0.3 is 9.64 Å². The lowest BCUT2D eigenvalue weighted by Gasteiger charge is -2.41. The Hall–Kier alpha value is -2.15. The van der Waals surface area contributed by atoms with E-state index in [1.807, 2.05) is 25.7 Å². The number of benzene rings is 1. The van der Waals surface area contributed by atoms with Gasteiger partial charge in [0.25, 0.3) is 0 Å². The molecule has 1 saturated heterocycles. The second-order valence-electron chi connectivity index (χ2n) is 8.27. The Morgan fingerprint density at radius 2 is 1.77 bits per heavy atom. The van der Waals surface area contributed by atoms with Crippen molar-refractivity contribution in [1.29, 1.82) is 0 Å². The van der Waals surface area contributed by atoms with Gasteiger partial charge in [0.15, 0.2) is 0 Å². The molecule has 1 aromatic carbocycles. The number of hydrogen-bond acceptors (Lipinski definition) is 6. The monoisotopic (exact) mass is 358 g/mol. The summed E-state index contributed by atoms with van der Waals surface area (Å²) in [5.74, 6) is 0. The summed E-state index contributed by atoms with van der Waals surface area (Å²) < 4.78 is 10.3. The third-order valence-electron chi connectivity index (χ3n) is 5.26. The largest absolute Gasteiger partial charge is 0.444 e. The molecule has 1 fully saturated rings. The van der Waals surface area contributed by atoms with Crippen LogP contribution in [0.4, 0.5) is 4.79 Å². The maximum absolute atomic E-state index is 12.2. The SMILES string of the molecule is CC(C)(C)OC(=O)N1CCN(C2CCc3cc4nonc4cc3C2)CC1. The van der Waals surface area contributed by atoms with Crippen molar-refractivity contribution in [2.75, 3.05) is 26.2 Å². The molecule has 1 atom stereocenters. The quantitative estimate of drug-likeness (QED) is 0.780. The van der Waals surface area contributed by atoms with Crippen molar-refractivity contribution in [3.8, 4) is 0 Å². The van der Waals surface area contributed by atoms with Crippen molar-refractivity contribution < 1.29 is 14.2 Å². The topological polar surface area (TPSA) is 71.7 Å². The Kier molecular flexibility index (Phi) is 4.34. The minimum Gasteiger partial charge on any atom is -0.444 e. The number of rotatable bonds is 1. The second-order valence-corrected chi connectivity index (χ2v) is 8.27. The molecule has 0 N–H and O–H groups in total. The van der Waals surface area contributed by atoms with Gasteiger partial charge in [0.1, 0.15) is 16.6 Å². The molecule has 0 bridgehead atoms. The van der Waals surface area contributed by atoms with Gasteiger partial charge in [-0.05, 0) is 73.6 Å². The van der Waals surface area contributed by atoms with Crippen LogP contribution in [0.1, 0.15) is 38.3 Å². The first-order chi connectivity index (χ1) is 12.4. The van der Waals surface area contributed by atoms with Crippen molar-refractivity contribution in [3.05, 3.63) is 23.3 Å². The molecular weight excluding hydrogens is 332 g/mol. The summed E-state index contributed by atoms with van der Waals surface area (Å²) in [6.07, 6.45) is 3.00. The first-order valence-electron chi connectivity index (χ1n) is 9.35. The molecule has 26 heavy (non-hydrogen) atoms. The lowest BCUT2D eigenvalue weighted by atomic mass is 9.87. The van der Waals surface area contributed by atoms with Crippen molar-refractivity contribution in [1.82, 2.24) is 20.1 Å². The van der Waals surface area contributed by atoms with Crippen LogP contribution in [0.2, 0.25) is 0 Å². The van der Waals surface area contributed by atoms with E-state index in [9.17, 15) is 4.79 Å². The number of hydrogen-bond donors (Lipinski definition) is 0. The molecule has 1 aliphatic heterocycles. The number of carbonyl (C=O) groups is 1. The fourth-order valence-corrected chi connectivity index (χ4v) is 3.93. The molecule has 2 aromatic rings. The van der Waals surface area contributed by atoms with Gasteiger partial charge in [-0.3, -0.25) is 4.90 Å². The van der Waals surface area contributed by atoms with Crippen molar-refractivity contribution in [2.45, 2.75) is 51.7 Å². The van der Waals surface area contributed by atoms with Gasteiger partial charge in [0.2, 0.25) is 0 Å². The Balaban J connectivity index is 1.37. The van der Waals surface area contributed by atoms with Crippen molar-refractivity contribution >= 4 is 17.1 Å². The third kappa shape index (κ3) is 3.53. The molecule has 7 nitrogen and oxygen atoms in total. The first-order valence-corrected chi connectivity index (χ1v) is 9.35. The number of aromatic nitrogens is 2. The number of aryl methyl sites for hydroxylation is 1. The van der Waals surface area contributed by atoms with Crippen LogP contribution in [0.15, 0.2) is 16.8 Å². The minimum absolute atomic E-state index is 0.202. The molecule has 1 aliphatic carbocycles. The fourth-order valence-electron chi connectivity index (χ4n) is 3.93. The average Bonchev–Trinajstić information content (AvgIpc) is 3.05. The predicted molar refractivity (Wildman–Crippen MR) is 97.0 cm³/mol. The maximum atomic E-state index is 12.2. The van der Waals surface area contributed by atoms with Gasteiger partial charge in [-0.2, -0.15) is 0 Å². The molecule has 1 unspecified atom stereocenters. The lowest BCUT2D eigenvalue weighted by Crippen LogP contribution is -2.53. The molecule has 2 heterocycles. The summed E-state index contributed by atoms with van der Waals surface area (Å²) in [5, 5.41) is 7.91. The standard InChI is InChI=1S/C19H26N4O3/c1-19(2,3)25-18(24)23-8-6-22(7-9-23)15-5-4-13-11-16-17(21-26-20-16)12-14(13)10-15/h11-12,15H,4-10H2,1-3H3. The molecule has 1 aromatic heterocycles. The zero-order valence-corrected chi connectivity index (χ0v) is 15.7. The summed E-state index contributed by atoms with van der Waals surface area (Å²) in [7, 11) is 0. The van der Waals surface area contributed by atoms with E-state index < -0.39 is 5.60 Å². The van der Waals surface area contributed by atoms with Gasteiger partial charge in [0.05, 0.1) is 0 Å². The van der Waals surface area contributed by atoms with Crippen LogP contribution in [0.25, 0.3) is 11.0 Å². The van der Waals surface area contributed by atoms with Crippen LogP contribution in [-0.2, 0) is 17.6 Å². The van der Waals surface area contributed by atoms with Gasteiger partial charge in [-0.25, -0.2) is 9.42 Å². The van der Waals surface area contributed by atoms with Crippen LogP contribution >= 0.6 is 0 Å². The van der Waals surface area contributed by atoms with E-state index in [0.29, 0.717) is 6.04 Å².